The van der Waals surface area contributed by atoms with Crippen molar-refractivity contribution in [2.75, 3.05) is 5.32 Å². The number of aromatic nitrogens is 4. The minimum Gasteiger partial charge on any atom is -0.324 e. The number of nitrogens with one attached hydrogen (secondary N) is 1. The molecule has 0 aliphatic heterocycles. The van der Waals surface area contributed by atoms with Gasteiger partial charge in [0.2, 0.25) is 11.1 Å². The van der Waals surface area contributed by atoms with Crippen LogP contribution in [-0.4, -0.2) is 37.1 Å². The first-order valence-corrected chi connectivity index (χ1v) is 11.3. The van der Waals surface area contributed by atoms with Crippen LogP contribution in [0.3, 0.4) is 0 Å². The number of anilines is 1. The van der Waals surface area contributed by atoms with Gasteiger partial charge in [0, 0.05) is 11.1 Å². The predicted octanol–water partition coefficient (Wildman–Crippen LogP) is 4.63. The Morgan fingerprint density at radius 1 is 0.909 bits per heavy atom. The molecule has 0 aliphatic rings. The number of carbonyl (C=O) groups excluding carboxylic acids is 2. The number of carbonyl (C=O) groups is 2. The maximum atomic E-state index is 13.0. The smallest absolute Gasteiger partial charge is 0.237 e. The molecule has 1 heterocycles. The number of amides is 1. The van der Waals surface area contributed by atoms with E-state index >= 15 is 0 Å². The summed E-state index contributed by atoms with van der Waals surface area (Å²) in [6.45, 7) is 5.77. The molecule has 0 unspecified atom stereocenters. The van der Waals surface area contributed by atoms with Gasteiger partial charge in [-0.25, -0.2) is 0 Å². The van der Waals surface area contributed by atoms with E-state index in [1.54, 1.807) is 48.0 Å². The van der Waals surface area contributed by atoms with E-state index in [4.69, 9.17) is 0 Å². The SMILES string of the molecule is Cc1cccc(C)c1-n1nnnc1S[C@@H](C)C(=O)Nc1ccccc1C(=O)c1ccccc1. The van der Waals surface area contributed by atoms with Crippen molar-refractivity contribution in [1.29, 1.82) is 0 Å². The van der Waals surface area contributed by atoms with E-state index < -0.39 is 5.25 Å². The zero-order valence-electron chi connectivity index (χ0n) is 18.5. The van der Waals surface area contributed by atoms with E-state index in [9.17, 15) is 9.59 Å². The molecule has 1 N–H and O–H groups in total. The highest BCUT2D eigenvalue weighted by Gasteiger charge is 2.22. The molecule has 0 fully saturated rings. The van der Waals surface area contributed by atoms with Crippen LogP contribution < -0.4 is 5.32 Å². The lowest BCUT2D eigenvalue weighted by Crippen LogP contribution is -2.24. The molecule has 0 spiro atoms. The predicted molar refractivity (Wildman–Crippen MR) is 129 cm³/mol. The maximum absolute atomic E-state index is 13.0. The third-order valence-corrected chi connectivity index (χ3v) is 6.24. The zero-order valence-corrected chi connectivity index (χ0v) is 19.3. The Hall–Kier alpha value is -3.78. The highest BCUT2D eigenvalue weighted by molar-refractivity contribution is 8.00. The van der Waals surface area contributed by atoms with Crippen LogP contribution in [0.25, 0.3) is 5.69 Å². The summed E-state index contributed by atoms with van der Waals surface area (Å²) in [6, 6.07) is 22.0. The number of rotatable bonds is 7. The number of benzene rings is 3. The molecule has 8 heteroatoms. The van der Waals surface area contributed by atoms with Crippen molar-refractivity contribution in [1.82, 2.24) is 20.2 Å². The summed E-state index contributed by atoms with van der Waals surface area (Å²) in [5.41, 5.74) is 4.45. The summed E-state index contributed by atoms with van der Waals surface area (Å²) in [4.78, 5) is 26.0. The first kappa shape index (κ1) is 22.4. The monoisotopic (exact) mass is 457 g/mol. The van der Waals surface area contributed by atoms with Gasteiger partial charge in [-0.05, 0) is 54.5 Å². The minimum absolute atomic E-state index is 0.147. The molecular weight excluding hydrogens is 434 g/mol. The molecule has 4 aromatic rings. The van der Waals surface area contributed by atoms with Gasteiger partial charge in [-0.1, -0.05) is 72.4 Å². The van der Waals surface area contributed by atoms with E-state index in [2.05, 4.69) is 20.8 Å². The van der Waals surface area contributed by atoms with Gasteiger partial charge in [0.05, 0.1) is 16.6 Å². The minimum atomic E-state index is -0.501. The summed E-state index contributed by atoms with van der Waals surface area (Å²) in [5, 5.41) is 15.0. The van der Waals surface area contributed by atoms with Gasteiger partial charge in [-0.15, -0.1) is 5.10 Å². The molecule has 0 radical (unpaired) electrons. The fourth-order valence-electron chi connectivity index (χ4n) is 3.51. The second-order valence-corrected chi connectivity index (χ2v) is 8.91. The second kappa shape index (κ2) is 9.79. The fraction of sp³-hybridized carbons (Fsp3) is 0.160. The zero-order chi connectivity index (χ0) is 23.4. The lowest BCUT2D eigenvalue weighted by atomic mass is 10.0. The first-order chi connectivity index (χ1) is 16.0. The summed E-state index contributed by atoms with van der Waals surface area (Å²) >= 11 is 1.26. The van der Waals surface area contributed by atoms with Crippen molar-refractivity contribution in [3.8, 4) is 5.69 Å². The van der Waals surface area contributed by atoms with E-state index in [0.717, 1.165) is 16.8 Å². The number of hydrogen-bond donors (Lipinski definition) is 1. The molecule has 1 atom stereocenters. The summed E-state index contributed by atoms with van der Waals surface area (Å²) < 4.78 is 1.66. The van der Waals surface area contributed by atoms with Crippen LogP contribution in [0.2, 0.25) is 0 Å². The van der Waals surface area contributed by atoms with Gasteiger partial charge in [0.15, 0.2) is 5.78 Å². The molecule has 0 saturated heterocycles. The Labute approximate surface area is 196 Å². The molecule has 0 bridgehead atoms. The molecule has 0 saturated carbocycles. The van der Waals surface area contributed by atoms with Gasteiger partial charge in [-0.2, -0.15) is 4.68 Å². The molecule has 1 aromatic heterocycles. The van der Waals surface area contributed by atoms with Crippen molar-refractivity contribution in [2.24, 2.45) is 0 Å². The number of ketones is 1. The van der Waals surface area contributed by atoms with E-state index in [1.165, 1.54) is 11.8 Å². The van der Waals surface area contributed by atoms with Gasteiger partial charge in [0.1, 0.15) is 0 Å². The highest BCUT2D eigenvalue weighted by atomic mass is 32.2. The molecule has 3 aromatic carbocycles. The molecule has 1 amide bonds. The molecule has 166 valence electrons. The summed E-state index contributed by atoms with van der Waals surface area (Å²) in [6.07, 6.45) is 0. The molecular formula is C25H23N5O2S. The second-order valence-electron chi connectivity index (χ2n) is 7.60. The molecule has 0 aliphatic carbocycles. The number of aryl methyl sites for hydroxylation is 2. The van der Waals surface area contributed by atoms with Crippen LogP contribution in [-0.2, 0) is 4.79 Å². The fourth-order valence-corrected chi connectivity index (χ4v) is 4.31. The third-order valence-electron chi connectivity index (χ3n) is 5.21. The topological polar surface area (TPSA) is 89.8 Å². The molecule has 33 heavy (non-hydrogen) atoms. The quantitative estimate of drug-likeness (QED) is 0.321. The van der Waals surface area contributed by atoms with Gasteiger partial charge < -0.3 is 5.32 Å². The first-order valence-electron chi connectivity index (χ1n) is 10.5. The summed E-state index contributed by atoms with van der Waals surface area (Å²) in [5.74, 6) is -0.393. The highest BCUT2D eigenvalue weighted by Crippen LogP contribution is 2.27. The lowest BCUT2D eigenvalue weighted by Gasteiger charge is -2.15. The average molecular weight is 458 g/mol. The lowest BCUT2D eigenvalue weighted by molar-refractivity contribution is -0.115. The van der Waals surface area contributed by atoms with Crippen molar-refractivity contribution >= 4 is 29.1 Å². The van der Waals surface area contributed by atoms with Crippen molar-refractivity contribution in [2.45, 2.75) is 31.2 Å². The van der Waals surface area contributed by atoms with Crippen LogP contribution in [0, 0.1) is 13.8 Å². The number of para-hydroxylation sites is 2. The maximum Gasteiger partial charge on any atom is 0.237 e. The normalized spacial score (nSPS) is 11.7. The third kappa shape index (κ3) is 4.85. The molecule has 4 rings (SSSR count). The number of nitrogens with zero attached hydrogens (tertiary/aromatic N) is 4. The number of thioether (sulfide) groups is 1. The van der Waals surface area contributed by atoms with Gasteiger partial charge >= 0.3 is 0 Å². The Morgan fingerprint density at radius 3 is 2.30 bits per heavy atom. The van der Waals surface area contributed by atoms with Crippen LogP contribution >= 0.6 is 11.8 Å². The molecule has 7 nitrogen and oxygen atoms in total. The average Bonchev–Trinajstić information content (AvgIpc) is 3.27. The Balaban J connectivity index is 1.53. The van der Waals surface area contributed by atoms with Crippen LogP contribution in [0.15, 0.2) is 78.0 Å². The van der Waals surface area contributed by atoms with Gasteiger partial charge in [0.25, 0.3) is 0 Å². The van der Waals surface area contributed by atoms with Crippen molar-refractivity contribution < 1.29 is 9.59 Å². The standard InChI is InChI=1S/C25H23N5O2S/c1-16-10-9-11-17(2)22(16)30-25(27-28-29-30)33-18(3)24(32)26-21-15-8-7-14-20(21)23(31)19-12-5-4-6-13-19/h4-15,18H,1-3H3,(H,26,32)/t18-/m0/s1. The van der Waals surface area contributed by atoms with Crippen molar-refractivity contribution in [3.05, 3.63) is 95.1 Å². The van der Waals surface area contributed by atoms with E-state index in [1.807, 2.05) is 50.2 Å². The Bertz CT molecular complexity index is 1280. The number of tetrazole rings is 1. The largest absolute Gasteiger partial charge is 0.324 e. The van der Waals surface area contributed by atoms with E-state index in [0.29, 0.717) is 22.0 Å². The van der Waals surface area contributed by atoms with Crippen LogP contribution in [0.1, 0.15) is 34.0 Å². The van der Waals surface area contributed by atoms with Crippen LogP contribution in [0.4, 0.5) is 5.69 Å². The van der Waals surface area contributed by atoms with Crippen LogP contribution in [0.5, 0.6) is 0 Å². The number of hydrogen-bond acceptors (Lipinski definition) is 6. The Kier molecular flexibility index (Phi) is 6.65. The Morgan fingerprint density at radius 2 is 1.58 bits per heavy atom. The van der Waals surface area contributed by atoms with Gasteiger partial charge in [-0.3, -0.25) is 9.59 Å². The summed E-state index contributed by atoms with van der Waals surface area (Å²) in [7, 11) is 0. The van der Waals surface area contributed by atoms with Crippen molar-refractivity contribution in [3.63, 3.8) is 0 Å². The van der Waals surface area contributed by atoms with E-state index in [-0.39, 0.29) is 11.7 Å².